The average Bonchev–Trinajstić information content (AvgIpc) is 2.65. The lowest BCUT2D eigenvalue weighted by Gasteiger charge is -2.43. The molecule has 0 spiro atoms. The Morgan fingerprint density at radius 3 is 2.63 bits per heavy atom. The van der Waals surface area contributed by atoms with Crippen LogP contribution in [0.5, 0.6) is 0 Å². The molecule has 5 nitrogen and oxygen atoms in total. The van der Waals surface area contributed by atoms with E-state index in [1.54, 1.807) is 4.90 Å². The van der Waals surface area contributed by atoms with Gasteiger partial charge in [0.25, 0.3) is 0 Å². The summed E-state index contributed by atoms with van der Waals surface area (Å²) in [6.07, 6.45) is 4.29. The van der Waals surface area contributed by atoms with E-state index in [0.29, 0.717) is 17.5 Å². The fourth-order valence-electron chi connectivity index (χ4n) is 4.41. The van der Waals surface area contributed by atoms with Gasteiger partial charge in [0, 0.05) is 30.2 Å². The van der Waals surface area contributed by atoms with E-state index in [9.17, 15) is 4.79 Å². The topological polar surface area (TPSA) is 47.9 Å². The number of nitrogens with one attached hydrogen (secondary N) is 1. The first kappa shape index (κ1) is 19.9. The number of hydrogen-bond acceptors (Lipinski definition) is 3. The second-order valence-corrected chi connectivity index (χ2v) is 8.13. The molecular weight excluding hydrogens is 360 g/mol. The molecule has 1 heterocycles. The summed E-state index contributed by atoms with van der Waals surface area (Å²) in [5, 5.41) is 3.92. The molecule has 1 fully saturated rings. The Morgan fingerprint density at radius 2 is 2.00 bits per heavy atom. The number of nitrogens with zero attached hydrogens (tertiary/aromatic N) is 3. The second kappa shape index (κ2) is 8.44. The largest absolute Gasteiger partial charge is 0.324 e. The number of amides is 2. The van der Waals surface area contributed by atoms with Gasteiger partial charge in [0.15, 0.2) is 0 Å². The van der Waals surface area contributed by atoms with Crippen LogP contribution < -0.4 is 5.32 Å². The Hall–Kier alpha value is -1.85. The number of carbonyl (C=O) groups is 1. The molecule has 1 saturated carbocycles. The zero-order valence-electron chi connectivity index (χ0n) is 16.5. The van der Waals surface area contributed by atoms with E-state index in [1.165, 1.54) is 0 Å². The molecule has 1 aromatic rings. The summed E-state index contributed by atoms with van der Waals surface area (Å²) >= 11 is 6.29. The number of urea groups is 1. The number of likely N-dealkylation sites (N-methyl/N-ethyl adjacent to an activating group) is 1. The molecule has 0 radical (unpaired) electrons. The Kier molecular flexibility index (Phi) is 6.22. The fourth-order valence-corrected chi connectivity index (χ4v) is 4.59. The van der Waals surface area contributed by atoms with Gasteiger partial charge in [-0.05, 0) is 82.6 Å². The van der Waals surface area contributed by atoms with Crippen LogP contribution in [0.4, 0.5) is 10.5 Å². The number of hydrogen-bond donors (Lipinski definition) is 1. The summed E-state index contributed by atoms with van der Waals surface area (Å²) in [6, 6.07) is 5.85. The van der Waals surface area contributed by atoms with Gasteiger partial charge in [0.2, 0.25) is 0 Å². The van der Waals surface area contributed by atoms with Gasteiger partial charge in [-0.3, -0.25) is 9.89 Å². The number of benzene rings is 1. The minimum absolute atomic E-state index is 0.0580. The van der Waals surface area contributed by atoms with Crippen molar-refractivity contribution in [2.75, 3.05) is 27.2 Å². The molecule has 2 aliphatic rings. The summed E-state index contributed by atoms with van der Waals surface area (Å²) in [7, 11) is 3.87. The van der Waals surface area contributed by atoms with Crippen LogP contribution in [-0.4, -0.2) is 55.8 Å². The van der Waals surface area contributed by atoms with Crippen molar-refractivity contribution in [1.29, 1.82) is 0 Å². The van der Waals surface area contributed by atoms with Gasteiger partial charge >= 0.3 is 6.03 Å². The maximum Gasteiger partial charge on any atom is 0.324 e. The third kappa shape index (κ3) is 4.04. The molecule has 146 valence electrons. The van der Waals surface area contributed by atoms with Crippen molar-refractivity contribution in [2.45, 2.75) is 38.6 Å². The van der Waals surface area contributed by atoms with E-state index in [-0.39, 0.29) is 12.1 Å². The van der Waals surface area contributed by atoms with E-state index in [4.69, 9.17) is 11.6 Å². The molecule has 0 saturated heterocycles. The predicted octanol–water partition coefficient (Wildman–Crippen LogP) is 4.55. The maximum atomic E-state index is 13.2. The first-order valence-electron chi connectivity index (χ1n) is 9.61. The van der Waals surface area contributed by atoms with Gasteiger partial charge in [-0.2, -0.15) is 0 Å². The monoisotopic (exact) mass is 388 g/mol. The van der Waals surface area contributed by atoms with E-state index in [2.05, 4.69) is 24.0 Å². The molecule has 1 aliphatic carbocycles. The number of halogens is 1. The standard InChI is InChI=1S/C21H29ClN4O/c1-14-13-25(4)21(27)26(17-8-5-15(6-9-17)12-23-2)20(14)18-11-16(22)7-10-19(18)24-3/h7,10-11,15,17,23H,3,5-6,8-9,12-13H2,1-2,4H3. The van der Waals surface area contributed by atoms with Crippen molar-refractivity contribution < 1.29 is 4.79 Å². The molecule has 0 bridgehead atoms. The van der Waals surface area contributed by atoms with Crippen LogP contribution >= 0.6 is 11.6 Å². The minimum Gasteiger partial charge on any atom is -0.323 e. The Balaban J connectivity index is 2.00. The lowest BCUT2D eigenvalue weighted by molar-refractivity contribution is 0.146. The highest BCUT2D eigenvalue weighted by Crippen LogP contribution is 2.40. The molecule has 2 amide bonds. The molecular formula is C21H29ClN4O. The van der Waals surface area contributed by atoms with Gasteiger partial charge in [0.05, 0.1) is 11.4 Å². The van der Waals surface area contributed by atoms with E-state index in [0.717, 1.165) is 54.7 Å². The van der Waals surface area contributed by atoms with Crippen molar-refractivity contribution in [2.24, 2.45) is 10.9 Å². The zero-order valence-corrected chi connectivity index (χ0v) is 17.2. The Bertz CT molecular complexity index is 753. The number of carbonyl (C=O) groups excluding carboxylic acids is 1. The van der Waals surface area contributed by atoms with Gasteiger partial charge in [-0.15, -0.1) is 0 Å². The molecule has 6 heteroatoms. The van der Waals surface area contributed by atoms with Crippen molar-refractivity contribution in [3.63, 3.8) is 0 Å². The fraction of sp³-hybridized carbons (Fsp3) is 0.524. The summed E-state index contributed by atoms with van der Waals surface area (Å²) in [6.45, 7) is 7.45. The summed E-state index contributed by atoms with van der Waals surface area (Å²) < 4.78 is 0. The number of rotatable bonds is 5. The average molecular weight is 389 g/mol. The highest BCUT2D eigenvalue weighted by molar-refractivity contribution is 6.30. The molecule has 0 unspecified atom stereocenters. The Labute approximate surface area is 167 Å². The van der Waals surface area contributed by atoms with Crippen LogP contribution in [0.25, 0.3) is 5.70 Å². The zero-order chi connectivity index (χ0) is 19.6. The molecule has 0 aromatic heterocycles. The SMILES string of the molecule is C=Nc1ccc(Cl)cc1C1=C(C)CN(C)C(=O)N1C1CCC(CNC)CC1. The molecule has 1 aromatic carbocycles. The maximum absolute atomic E-state index is 13.2. The van der Waals surface area contributed by atoms with Crippen LogP contribution in [-0.2, 0) is 0 Å². The molecule has 27 heavy (non-hydrogen) atoms. The van der Waals surface area contributed by atoms with Crippen LogP contribution in [0.3, 0.4) is 0 Å². The van der Waals surface area contributed by atoms with Crippen LogP contribution in [0.2, 0.25) is 5.02 Å². The molecule has 3 rings (SSSR count). The van der Waals surface area contributed by atoms with E-state index in [1.807, 2.05) is 37.2 Å². The summed E-state index contributed by atoms with van der Waals surface area (Å²) in [5.41, 5.74) is 3.77. The highest BCUT2D eigenvalue weighted by atomic mass is 35.5. The van der Waals surface area contributed by atoms with Gasteiger partial charge < -0.3 is 10.2 Å². The third-order valence-electron chi connectivity index (χ3n) is 5.71. The summed E-state index contributed by atoms with van der Waals surface area (Å²) in [4.78, 5) is 21.1. The first-order chi connectivity index (χ1) is 13.0. The second-order valence-electron chi connectivity index (χ2n) is 7.69. The van der Waals surface area contributed by atoms with Gasteiger partial charge in [-0.1, -0.05) is 11.6 Å². The first-order valence-corrected chi connectivity index (χ1v) is 9.99. The van der Waals surface area contributed by atoms with Crippen molar-refractivity contribution >= 4 is 35.7 Å². The van der Waals surface area contributed by atoms with E-state index >= 15 is 0 Å². The third-order valence-corrected chi connectivity index (χ3v) is 5.95. The highest BCUT2D eigenvalue weighted by Gasteiger charge is 2.37. The van der Waals surface area contributed by atoms with Gasteiger partial charge in [0.1, 0.15) is 0 Å². The number of aliphatic imine (C=N–C) groups is 1. The summed E-state index contributed by atoms with van der Waals surface area (Å²) in [5.74, 6) is 0.689. The minimum atomic E-state index is 0.0580. The Morgan fingerprint density at radius 1 is 1.30 bits per heavy atom. The predicted molar refractivity (Wildman–Crippen MR) is 113 cm³/mol. The van der Waals surface area contributed by atoms with E-state index < -0.39 is 0 Å². The molecule has 0 atom stereocenters. The van der Waals surface area contributed by atoms with Crippen LogP contribution in [0.1, 0.15) is 38.2 Å². The quantitative estimate of drug-likeness (QED) is 0.752. The molecule has 1 N–H and O–H groups in total. The van der Waals surface area contributed by atoms with Crippen molar-refractivity contribution in [3.8, 4) is 0 Å². The van der Waals surface area contributed by atoms with Crippen LogP contribution in [0, 0.1) is 5.92 Å². The lowest BCUT2D eigenvalue weighted by Crippen LogP contribution is -2.51. The normalized spacial score (nSPS) is 23.8. The van der Waals surface area contributed by atoms with Gasteiger partial charge in [-0.25, -0.2) is 4.79 Å². The van der Waals surface area contributed by atoms with Crippen molar-refractivity contribution in [3.05, 3.63) is 34.4 Å². The lowest BCUT2D eigenvalue weighted by atomic mass is 9.84. The van der Waals surface area contributed by atoms with Crippen LogP contribution in [0.15, 0.2) is 28.8 Å². The smallest absolute Gasteiger partial charge is 0.323 e. The molecule has 1 aliphatic heterocycles. The van der Waals surface area contributed by atoms with Crippen molar-refractivity contribution in [1.82, 2.24) is 15.1 Å².